The SMILES string of the molecule is CCN1CCCC(Nc2ncc(C(=O)OC)cc2[N+](=O)[O-])C1. The van der Waals surface area contributed by atoms with E-state index in [1.165, 1.54) is 19.4 Å². The van der Waals surface area contributed by atoms with E-state index >= 15 is 0 Å². The van der Waals surface area contributed by atoms with Crippen LogP contribution in [0.15, 0.2) is 12.3 Å². The van der Waals surface area contributed by atoms with Gasteiger partial charge in [0.15, 0.2) is 0 Å². The van der Waals surface area contributed by atoms with Crippen LogP contribution in [0.5, 0.6) is 0 Å². The smallest absolute Gasteiger partial charge is 0.339 e. The van der Waals surface area contributed by atoms with Gasteiger partial charge in [-0.05, 0) is 25.9 Å². The highest BCUT2D eigenvalue weighted by Crippen LogP contribution is 2.25. The van der Waals surface area contributed by atoms with Crippen molar-refractivity contribution in [2.24, 2.45) is 0 Å². The van der Waals surface area contributed by atoms with Crippen molar-refractivity contribution >= 4 is 17.5 Å². The van der Waals surface area contributed by atoms with Gasteiger partial charge in [0.1, 0.15) is 0 Å². The number of nitro groups is 1. The number of hydrogen-bond acceptors (Lipinski definition) is 7. The fourth-order valence-electron chi connectivity index (χ4n) is 2.59. The molecule has 8 nitrogen and oxygen atoms in total. The second-order valence-corrected chi connectivity index (χ2v) is 5.22. The minimum atomic E-state index is -0.642. The summed E-state index contributed by atoms with van der Waals surface area (Å²) in [6.45, 7) is 4.92. The number of carbonyl (C=O) groups excluding carboxylic acids is 1. The predicted octanol–water partition coefficient (Wildman–Crippen LogP) is 1.67. The minimum absolute atomic E-state index is 0.0681. The summed E-state index contributed by atoms with van der Waals surface area (Å²) in [4.78, 5) is 28.5. The Hall–Kier alpha value is -2.22. The van der Waals surface area contributed by atoms with Gasteiger partial charge in [0.05, 0.1) is 17.6 Å². The predicted molar refractivity (Wildman–Crippen MR) is 81.0 cm³/mol. The first-order chi connectivity index (χ1) is 10.5. The highest BCUT2D eigenvalue weighted by Gasteiger charge is 2.24. The first-order valence-corrected chi connectivity index (χ1v) is 7.26. The number of carbonyl (C=O) groups is 1. The van der Waals surface area contributed by atoms with Crippen molar-refractivity contribution in [2.75, 3.05) is 32.1 Å². The number of nitrogens with zero attached hydrogens (tertiary/aromatic N) is 3. The molecule has 1 N–H and O–H groups in total. The van der Waals surface area contributed by atoms with Gasteiger partial charge in [-0.1, -0.05) is 6.92 Å². The second kappa shape index (κ2) is 7.17. The van der Waals surface area contributed by atoms with E-state index in [0.717, 1.165) is 32.5 Å². The summed E-state index contributed by atoms with van der Waals surface area (Å²) in [6, 6.07) is 1.31. The number of ether oxygens (including phenoxy) is 1. The van der Waals surface area contributed by atoms with Crippen LogP contribution < -0.4 is 5.32 Å². The largest absolute Gasteiger partial charge is 0.465 e. The van der Waals surface area contributed by atoms with Gasteiger partial charge in [0.25, 0.3) is 0 Å². The molecule has 0 aliphatic carbocycles. The number of methoxy groups -OCH3 is 1. The van der Waals surface area contributed by atoms with Crippen LogP contribution in [-0.2, 0) is 4.74 Å². The van der Waals surface area contributed by atoms with Crippen molar-refractivity contribution < 1.29 is 14.5 Å². The molecule has 1 aliphatic heterocycles. The number of anilines is 1. The normalized spacial score (nSPS) is 18.7. The Morgan fingerprint density at radius 2 is 2.41 bits per heavy atom. The van der Waals surface area contributed by atoms with Gasteiger partial charge >= 0.3 is 11.7 Å². The van der Waals surface area contributed by atoms with Crippen LogP contribution in [0, 0.1) is 10.1 Å². The zero-order valence-corrected chi connectivity index (χ0v) is 12.7. The zero-order chi connectivity index (χ0) is 16.1. The van der Waals surface area contributed by atoms with Crippen molar-refractivity contribution in [1.82, 2.24) is 9.88 Å². The Morgan fingerprint density at radius 3 is 3.05 bits per heavy atom. The fourth-order valence-corrected chi connectivity index (χ4v) is 2.59. The third-order valence-electron chi connectivity index (χ3n) is 3.78. The van der Waals surface area contributed by atoms with Gasteiger partial charge in [-0.2, -0.15) is 0 Å². The topological polar surface area (TPSA) is 97.6 Å². The number of pyridine rings is 1. The van der Waals surface area contributed by atoms with Crippen molar-refractivity contribution in [3.63, 3.8) is 0 Å². The van der Waals surface area contributed by atoms with E-state index in [1.54, 1.807) is 0 Å². The summed E-state index contributed by atoms with van der Waals surface area (Å²) in [5.74, 6) is -0.447. The highest BCUT2D eigenvalue weighted by molar-refractivity contribution is 5.90. The molecule has 1 aliphatic rings. The summed E-state index contributed by atoms with van der Waals surface area (Å²) in [6.07, 6.45) is 3.27. The maximum atomic E-state index is 11.5. The summed E-state index contributed by atoms with van der Waals surface area (Å²) in [7, 11) is 1.22. The highest BCUT2D eigenvalue weighted by atomic mass is 16.6. The molecule has 1 aromatic heterocycles. The van der Waals surface area contributed by atoms with E-state index in [9.17, 15) is 14.9 Å². The molecule has 0 radical (unpaired) electrons. The number of nitrogens with one attached hydrogen (secondary N) is 1. The fraction of sp³-hybridized carbons (Fsp3) is 0.571. The van der Waals surface area contributed by atoms with Crippen LogP contribution >= 0.6 is 0 Å². The standard InChI is InChI=1S/C14H20N4O4/c1-3-17-6-4-5-11(9-17)16-13-12(18(20)21)7-10(8-15-13)14(19)22-2/h7-8,11H,3-6,9H2,1-2H3,(H,15,16). The van der Waals surface area contributed by atoms with E-state index in [2.05, 4.69) is 26.9 Å². The third-order valence-corrected chi connectivity index (χ3v) is 3.78. The molecular formula is C14H20N4O4. The maximum absolute atomic E-state index is 11.5. The molecule has 0 aromatic carbocycles. The Morgan fingerprint density at radius 1 is 1.64 bits per heavy atom. The number of hydrogen-bond donors (Lipinski definition) is 1. The van der Waals surface area contributed by atoms with Gasteiger partial charge in [-0.15, -0.1) is 0 Å². The molecule has 1 fully saturated rings. The zero-order valence-electron chi connectivity index (χ0n) is 12.7. The molecule has 1 saturated heterocycles. The number of rotatable bonds is 5. The molecule has 0 saturated carbocycles. The second-order valence-electron chi connectivity index (χ2n) is 5.22. The van der Waals surface area contributed by atoms with Crippen LogP contribution in [0.2, 0.25) is 0 Å². The van der Waals surface area contributed by atoms with E-state index in [-0.39, 0.29) is 23.1 Å². The van der Waals surface area contributed by atoms with Crippen LogP contribution in [0.25, 0.3) is 0 Å². The number of piperidine rings is 1. The van der Waals surface area contributed by atoms with Crippen molar-refractivity contribution in [3.05, 3.63) is 27.9 Å². The number of aromatic nitrogens is 1. The molecule has 2 rings (SSSR count). The first kappa shape index (κ1) is 16.2. The lowest BCUT2D eigenvalue weighted by atomic mass is 10.1. The molecule has 1 unspecified atom stereocenters. The molecule has 0 spiro atoms. The number of likely N-dealkylation sites (tertiary alicyclic amines) is 1. The molecule has 8 heteroatoms. The Balaban J connectivity index is 2.19. The van der Waals surface area contributed by atoms with Crippen LogP contribution in [0.1, 0.15) is 30.1 Å². The number of esters is 1. The number of likely N-dealkylation sites (N-methyl/N-ethyl adjacent to an activating group) is 1. The molecule has 0 amide bonds. The van der Waals surface area contributed by atoms with E-state index in [0.29, 0.717) is 0 Å². The van der Waals surface area contributed by atoms with Crippen LogP contribution in [0.3, 0.4) is 0 Å². The Labute approximate surface area is 128 Å². The molecule has 120 valence electrons. The average molecular weight is 308 g/mol. The molecular weight excluding hydrogens is 288 g/mol. The van der Waals surface area contributed by atoms with Gasteiger partial charge < -0.3 is 15.0 Å². The van der Waals surface area contributed by atoms with Crippen molar-refractivity contribution in [3.8, 4) is 0 Å². The van der Waals surface area contributed by atoms with Crippen LogP contribution in [0.4, 0.5) is 11.5 Å². The van der Waals surface area contributed by atoms with E-state index in [1.807, 2.05) is 0 Å². The van der Waals surface area contributed by atoms with Crippen molar-refractivity contribution in [1.29, 1.82) is 0 Å². The van der Waals surface area contributed by atoms with Gasteiger partial charge in [0.2, 0.25) is 5.82 Å². The summed E-state index contributed by atoms with van der Waals surface area (Å²) in [5, 5.41) is 14.3. The molecule has 1 atom stereocenters. The minimum Gasteiger partial charge on any atom is -0.465 e. The lowest BCUT2D eigenvalue weighted by Gasteiger charge is -2.32. The maximum Gasteiger partial charge on any atom is 0.339 e. The summed E-state index contributed by atoms with van der Waals surface area (Å²) in [5.41, 5.74) is -0.143. The third kappa shape index (κ3) is 3.70. The average Bonchev–Trinajstić information content (AvgIpc) is 2.54. The van der Waals surface area contributed by atoms with E-state index < -0.39 is 10.9 Å². The lowest BCUT2D eigenvalue weighted by molar-refractivity contribution is -0.384. The molecule has 0 bridgehead atoms. The molecule has 2 heterocycles. The first-order valence-electron chi connectivity index (χ1n) is 7.26. The summed E-state index contributed by atoms with van der Waals surface area (Å²) >= 11 is 0. The van der Waals surface area contributed by atoms with Crippen molar-refractivity contribution in [2.45, 2.75) is 25.8 Å². The van der Waals surface area contributed by atoms with Gasteiger partial charge in [-0.25, -0.2) is 9.78 Å². The van der Waals surface area contributed by atoms with E-state index in [4.69, 9.17) is 0 Å². The lowest BCUT2D eigenvalue weighted by Crippen LogP contribution is -2.42. The Bertz CT molecular complexity index is 564. The van der Waals surface area contributed by atoms with Gasteiger partial charge in [-0.3, -0.25) is 10.1 Å². The monoisotopic (exact) mass is 308 g/mol. The Kier molecular flexibility index (Phi) is 5.26. The molecule has 22 heavy (non-hydrogen) atoms. The summed E-state index contributed by atoms with van der Waals surface area (Å²) < 4.78 is 4.56. The molecule has 1 aromatic rings. The van der Waals surface area contributed by atoms with Crippen LogP contribution in [-0.4, -0.2) is 53.6 Å². The van der Waals surface area contributed by atoms with Gasteiger partial charge in [0, 0.05) is 24.8 Å². The quantitative estimate of drug-likeness (QED) is 0.502.